The Kier molecular flexibility index (Phi) is 3.12. The molecule has 0 radical (unpaired) electrons. The van der Waals surface area contributed by atoms with Gasteiger partial charge in [0.1, 0.15) is 0 Å². The normalized spacial score (nSPS) is 49.1. The summed E-state index contributed by atoms with van der Waals surface area (Å²) in [5.41, 5.74) is 1.81. The molecule has 0 heterocycles. The highest BCUT2D eigenvalue weighted by Crippen LogP contribution is 2.63. The van der Waals surface area contributed by atoms with Gasteiger partial charge in [-0.3, -0.25) is 4.79 Å². The molecule has 3 saturated carbocycles. The molecule has 4 aliphatic carbocycles. The molecule has 4 aliphatic rings. The van der Waals surface area contributed by atoms with Crippen molar-refractivity contribution in [3.63, 3.8) is 0 Å². The first-order valence-electron chi connectivity index (χ1n) is 8.96. The minimum absolute atomic E-state index is 0.0766. The summed E-state index contributed by atoms with van der Waals surface area (Å²) in [6.07, 6.45) is 12.8. The number of carbonyl (C=O) groups is 1. The van der Waals surface area contributed by atoms with Crippen LogP contribution in [0.1, 0.15) is 64.7 Å². The first kappa shape index (κ1) is 14.0. The maximum atomic E-state index is 12.9. The van der Waals surface area contributed by atoms with E-state index in [0.29, 0.717) is 24.2 Å². The summed E-state index contributed by atoms with van der Waals surface area (Å²) in [7, 11) is 0. The third-order valence-corrected chi connectivity index (χ3v) is 7.70. The molecule has 0 aromatic carbocycles. The summed E-state index contributed by atoms with van der Waals surface area (Å²) in [5, 5.41) is 10.00. The Balaban J connectivity index is 1.76. The van der Waals surface area contributed by atoms with Crippen LogP contribution in [0.4, 0.5) is 0 Å². The zero-order chi connectivity index (χ0) is 14.7. The number of ketones is 1. The largest absolute Gasteiger partial charge is 0.396 e. The van der Waals surface area contributed by atoms with E-state index in [2.05, 4.69) is 6.92 Å². The molecule has 0 bridgehead atoms. The van der Waals surface area contributed by atoms with E-state index in [-0.39, 0.29) is 16.7 Å². The van der Waals surface area contributed by atoms with Crippen molar-refractivity contribution in [2.45, 2.75) is 64.7 Å². The fourth-order valence-corrected chi connectivity index (χ4v) is 6.51. The molecule has 0 unspecified atom stereocenters. The van der Waals surface area contributed by atoms with Gasteiger partial charge in [0.25, 0.3) is 0 Å². The van der Waals surface area contributed by atoms with Crippen LogP contribution in [0, 0.1) is 28.6 Å². The zero-order valence-corrected chi connectivity index (χ0v) is 13.2. The van der Waals surface area contributed by atoms with Gasteiger partial charge in [0.2, 0.25) is 0 Å². The molecule has 0 aromatic rings. The van der Waals surface area contributed by atoms with Crippen molar-refractivity contribution in [2.24, 2.45) is 28.6 Å². The van der Waals surface area contributed by atoms with Crippen LogP contribution in [-0.2, 0) is 4.79 Å². The van der Waals surface area contributed by atoms with Gasteiger partial charge in [-0.2, -0.15) is 0 Å². The number of rotatable bonds is 1. The summed E-state index contributed by atoms with van der Waals surface area (Å²) in [6, 6.07) is 0. The van der Waals surface area contributed by atoms with Crippen molar-refractivity contribution < 1.29 is 9.90 Å². The quantitative estimate of drug-likeness (QED) is 0.795. The van der Waals surface area contributed by atoms with E-state index in [1.54, 1.807) is 0 Å². The average molecular weight is 288 g/mol. The monoisotopic (exact) mass is 288 g/mol. The lowest BCUT2D eigenvalue weighted by Crippen LogP contribution is -2.53. The lowest BCUT2D eigenvalue weighted by atomic mass is 9.48. The topological polar surface area (TPSA) is 37.3 Å². The van der Waals surface area contributed by atoms with Crippen LogP contribution in [0.15, 0.2) is 11.6 Å². The highest BCUT2D eigenvalue weighted by Gasteiger charge is 2.59. The number of allylic oxidation sites excluding steroid dienone is 2. The van der Waals surface area contributed by atoms with Crippen LogP contribution in [-0.4, -0.2) is 17.5 Å². The standard InChI is InChI=1S/C19H28O2/c1-18-8-3-2-5-13(18)11-16(21)17-14(18)7-10-19(12-20)9-4-6-15(17)19/h11,14-15,17,20H,2-10,12H2,1H3/t14-,15-,17+,18-,19-/m0/s1. The van der Waals surface area contributed by atoms with Crippen LogP contribution in [0.25, 0.3) is 0 Å². The second-order valence-electron chi connectivity index (χ2n) is 8.39. The molecular weight excluding hydrogens is 260 g/mol. The number of hydrogen-bond acceptors (Lipinski definition) is 2. The fourth-order valence-electron chi connectivity index (χ4n) is 6.51. The van der Waals surface area contributed by atoms with Crippen LogP contribution < -0.4 is 0 Å². The molecule has 2 heteroatoms. The molecule has 0 aromatic heterocycles. The molecule has 0 spiro atoms. The Bertz CT molecular complexity index is 494. The van der Waals surface area contributed by atoms with Gasteiger partial charge in [-0.1, -0.05) is 25.3 Å². The molecule has 4 rings (SSSR count). The SMILES string of the molecule is C[C@]12CCCCC1=CC(=O)[C@H]1[C@@H]3CCC[C@@]3(CO)CC[C@@H]12. The van der Waals surface area contributed by atoms with Gasteiger partial charge < -0.3 is 5.11 Å². The molecule has 0 aliphatic heterocycles. The van der Waals surface area contributed by atoms with Gasteiger partial charge in [0.05, 0.1) is 0 Å². The Morgan fingerprint density at radius 2 is 2.00 bits per heavy atom. The van der Waals surface area contributed by atoms with Crippen molar-refractivity contribution in [2.75, 3.05) is 6.61 Å². The number of aliphatic hydroxyl groups is 1. The fraction of sp³-hybridized carbons (Fsp3) is 0.842. The molecule has 116 valence electrons. The first-order chi connectivity index (χ1) is 10.1. The molecule has 3 fully saturated rings. The third-order valence-electron chi connectivity index (χ3n) is 7.70. The Labute approximate surface area is 128 Å². The van der Waals surface area contributed by atoms with Gasteiger partial charge in [-0.05, 0) is 73.7 Å². The predicted molar refractivity (Wildman–Crippen MR) is 82.7 cm³/mol. The average Bonchev–Trinajstić information content (AvgIpc) is 2.92. The van der Waals surface area contributed by atoms with Crippen molar-refractivity contribution >= 4 is 5.78 Å². The Morgan fingerprint density at radius 1 is 1.14 bits per heavy atom. The van der Waals surface area contributed by atoms with Crippen molar-refractivity contribution in [3.8, 4) is 0 Å². The molecule has 2 nitrogen and oxygen atoms in total. The van der Waals surface area contributed by atoms with Crippen LogP contribution in [0.5, 0.6) is 0 Å². The Morgan fingerprint density at radius 3 is 2.81 bits per heavy atom. The highest BCUT2D eigenvalue weighted by molar-refractivity contribution is 5.94. The summed E-state index contributed by atoms with van der Waals surface area (Å²) >= 11 is 0. The third kappa shape index (κ3) is 1.78. The number of aliphatic hydroxyl groups excluding tert-OH is 1. The summed E-state index contributed by atoms with van der Waals surface area (Å²) in [5.74, 6) is 1.61. The number of hydrogen-bond donors (Lipinski definition) is 1. The van der Waals surface area contributed by atoms with E-state index in [9.17, 15) is 9.90 Å². The Hall–Kier alpha value is -0.630. The van der Waals surface area contributed by atoms with Crippen LogP contribution >= 0.6 is 0 Å². The summed E-state index contributed by atoms with van der Waals surface area (Å²) in [6.45, 7) is 2.73. The minimum atomic E-state index is 0.0766. The molecule has 0 saturated heterocycles. The second-order valence-corrected chi connectivity index (χ2v) is 8.39. The van der Waals surface area contributed by atoms with E-state index in [1.165, 1.54) is 31.3 Å². The van der Waals surface area contributed by atoms with E-state index in [4.69, 9.17) is 0 Å². The van der Waals surface area contributed by atoms with E-state index in [0.717, 1.165) is 32.1 Å². The molecule has 0 amide bonds. The molecule has 1 N–H and O–H groups in total. The maximum Gasteiger partial charge on any atom is 0.159 e. The summed E-state index contributed by atoms with van der Waals surface area (Å²) in [4.78, 5) is 12.9. The van der Waals surface area contributed by atoms with E-state index >= 15 is 0 Å². The van der Waals surface area contributed by atoms with Crippen molar-refractivity contribution in [3.05, 3.63) is 11.6 Å². The predicted octanol–water partition coefficient (Wildman–Crippen LogP) is 3.88. The van der Waals surface area contributed by atoms with Gasteiger partial charge in [-0.25, -0.2) is 0 Å². The maximum absolute atomic E-state index is 12.9. The van der Waals surface area contributed by atoms with Gasteiger partial charge in [0, 0.05) is 12.5 Å². The highest BCUT2D eigenvalue weighted by atomic mass is 16.3. The lowest BCUT2D eigenvalue weighted by molar-refractivity contribution is -0.135. The van der Waals surface area contributed by atoms with Crippen LogP contribution in [0.2, 0.25) is 0 Å². The number of carbonyl (C=O) groups excluding carboxylic acids is 1. The summed E-state index contributed by atoms with van der Waals surface area (Å²) < 4.78 is 0. The van der Waals surface area contributed by atoms with Gasteiger partial charge in [0.15, 0.2) is 5.78 Å². The van der Waals surface area contributed by atoms with Crippen LogP contribution in [0.3, 0.4) is 0 Å². The molecule has 21 heavy (non-hydrogen) atoms. The lowest BCUT2D eigenvalue weighted by Gasteiger charge is -2.56. The van der Waals surface area contributed by atoms with Crippen molar-refractivity contribution in [1.29, 1.82) is 0 Å². The second kappa shape index (κ2) is 4.68. The smallest absolute Gasteiger partial charge is 0.159 e. The number of fused-ring (bicyclic) bond motifs is 5. The van der Waals surface area contributed by atoms with Gasteiger partial charge >= 0.3 is 0 Å². The molecular formula is C19H28O2. The molecule has 5 atom stereocenters. The van der Waals surface area contributed by atoms with Crippen molar-refractivity contribution in [1.82, 2.24) is 0 Å². The first-order valence-corrected chi connectivity index (χ1v) is 8.96. The van der Waals surface area contributed by atoms with E-state index in [1.807, 2.05) is 6.08 Å². The van der Waals surface area contributed by atoms with E-state index < -0.39 is 0 Å². The zero-order valence-electron chi connectivity index (χ0n) is 13.2. The minimum Gasteiger partial charge on any atom is -0.396 e. The van der Waals surface area contributed by atoms with Gasteiger partial charge in [-0.15, -0.1) is 0 Å².